The summed E-state index contributed by atoms with van der Waals surface area (Å²) in [6, 6.07) is 0. The highest BCUT2D eigenvalue weighted by molar-refractivity contribution is 6.28. The fourth-order valence-corrected chi connectivity index (χ4v) is 6.46. The van der Waals surface area contributed by atoms with Crippen LogP contribution in [0, 0.1) is 35.5 Å². The van der Waals surface area contributed by atoms with E-state index in [4.69, 9.17) is 9.47 Å². The van der Waals surface area contributed by atoms with Crippen molar-refractivity contribution < 1.29 is 38.6 Å². The van der Waals surface area contributed by atoms with Crippen LogP contribution < -0.4 is 0 Å². The van der Waals surface area contributed by atoms with Gasteiger partial charge >= 0.3 is 11.9 Å². The SMILES string of the molecule is CCOC(=O)C1CCCC2C(O)=C(/C=C/C=C/C=C3\C(=O)C4CCCC(C(=O)OCC)C4C3=O)C(=O)C12. The number of esters is 2. The number of Topliss-reactive ketones (excluding diaryl/α,β-unsaturated/α-hetero) is 3. The Hall–Kier alpha value is -3.29. The van der Waals surface area contributed by atoms with Crippen molar-refractivity contribution in [3.05, 3.63) is 47.3 Å². The largest absolute Gasteiger partial charge is 0.511 e. The van der Waals surface area contributed by atoms with Gasteiger partial charge in [-0.25, -0.2) is 0 Å². The summed E-state index contributed by atoms with van der Waals surface area (Å²) in [5, 5.41) is 10.7. The fraction of sp³-hybridized carbons (Fsp3) is 0.552. The summed E-state index contributed by atoms with van der Waals surface area (Å²) in [6.45, 7) is 3.90. The Morgan fingerprint density at radius 1 is 0.784 bits per heavy atom. The van der Waals surface area contributed by atoms with Crippen molar-refractivity contribution in [1.82, 2.24) is 0 Å². The normalized spacial score (nSPS) is 32.9. The van der Waals surface area contributed by atoms with Crippen molar-refractivity contribution in [2.24, 2.45) is 35.5 Å². The van der Waals surface area contributed by atoms with Gasteiger partial charge in [-0.3, -0.25) is 24.0 Å². The minimum absolute atomic E-state index is 0.00207. The molecule has 198 valence electrons. The molecule has 0 bridgehead atoms. The van der Waals surface area contributed by atoms with Gasteiger partial charge < -0.3 is 14.6 Å². The minimum Gasteiger partial charge on any atom is -0.511 e. The number of carbonyl (C=O) groups excluding carboxylic acids is 5. The number of ether oxygens (including phenoxy) is 2. The second-order valence-corrected chi connectivity index (χ2v) is 10.1. The Balaban J connectivity index is 1.46. The van der Waals surface area contributed by atoms with Crippen LogP contribution in [0.15, 0.2) is 47.3 Å². The summed E-state index contributed by atoms with van der Waals surface area (Å²) in [5.74, 6) is -4.92. The Kier molecular flexibility index (Phi) is 8.25. The Bertz CT molecular complexity index is 1110. The number of hydrogen-bond donors (Lipinski definition) is 1. The maximum atomic E-state index is 13.1. The topological polar surface area (TPSA) is 124 Å². The van der Waals surface area contributed by atoms with Gasteiger partial charge in [0.1, 0.15) is 5.76 Å². The first-order valence-corrected chi connectivity index (χ1v) is 13.3. The predicted octanol–water partition coefficient (Wildman–Crippen LogP) is 3.76. The first-order chi connectivity index (χ1) is 17.8. The van der Waals surface area contributed by atoms with Crippen LogP contribution in [0.4, 0.5) is 0 Å². The van der Waals surface area contributed by atoms with Crippen molar-refractivity contribution in [2.45, 2.75) is 52.4 Å². The lowest BCUT2D eigenvalue weighted by Gasteiger charge is -2.31. The van der Waals surface area contributed by atoms with Crippen LogP contribution in [-0.4, -0.2) is 47.6 Å². The zero-order valence-corrected chi connectivity index (χ0v) is 21.3. The van der Waals surface area contributed by atoms with E-state index in [9.17, 15) is 29.1 Å². The molecular weight excluding hydrogens is 476 g/mol. The Labute approximate surface area is 216 Å². The van der Waals surface area contributed by atoms with Crippen molar-refractivity contribution in [3.8, 4) is 0 Å². The number of carbonyl (C=O) groups is 5. The molecule has 37 heavy (non-hydrogen) atoms. The first kappa shape index (κ1) is 26.8. The molecule has 0 aromatic heterocycles. The van der Waals surface area contributed by atoms with Gasteiger partial charge in [0.05, 0.1) is 36.2 Å². The van der Waals surface area contributed by atoms with E-state index in [-0.39, 0.29) is 53.4 Å². The number of fused-ring (bicyclic) bond motifs is 2. The molecule has 0 saturated heterocycles. The third-order valence-corrected chi connectivity index (χ3v) is 8.09. The van der Waals surface area contributed by atoms with Gasteiger partial charge in [-0.05, 0) is 51.7 Å². The zero-order chi connectivity index (χ0) is 26.7. The van der Waals surface area contributed by atoms with Crippen LogP contribution in [0.25, 0.3) is 0 Å². The lowest BCUT2D eigenvalue weighted by molar-refractivity contribution is -0.154. The maximum absolute atomic E-state index is 13.1. The third kappa shape index (κ3) is 4.98. The van der Waals surface area contributed by atoms with E-state index < -0.39 is 41.5 Å². The summed E-state index contributed by atoms with van der Waals surface area (Å²) < 4.78 is 10.3. The van der Waals surface area contributed by atoms with Crippen molar-refractivity contribution >= 4 is 29.3 Å². The highest BCUT2D eigenvalue weighted by Gasteiger charge is 2.53. The number of ketones is 3. The smallest absolute Gasteiger partial charge is 0.309 e. The average molecular weight is 511 g/mol. The van der Waals surface area contributed by atoms with E-state index in [1.165, 1.54) is 12.2 Å². The van der Waals surface area contributed by atoms with Crippen LogP contribution in [0.1, 0.15) is 52.4 Å². The monoisotopic (exact) mass is 510 g/mol. The number of aliphatic hydroxyl groups is 1. The molecule has 0 heterocycles. The van der Waals surface area contributed by atoms with Crippen molar-refractivity contribution in [2.75, 3.05) is 13.2 Å². The van der Waals surface area contributed by atoms with E-state index in [0.717, 1.165) is 6.42 Å². The molecule has 6 unspecified atom stereocenters. The lowest BCUT2D eigenvalue weighted by atomic mass is 9.72. The maximum Gasteiger partial charge on any atom is 0.309 e. The summed E-state index contributed by atoms with van der Waals surface area (Å²) in [4.78, 5) is 63.7. The van der Waals surface area contributed by atoms with Crippen LogP contribution in [0.3, 0.4) is 0 Å². The number of rotatable bonds is 7. The predicted molar refractivity (Wildman–Crippen MR) is 133 cm³/mol. The molecule has 4 rings (SSSR count). The molecule has 0 aliphatic heterocycles. The first-order valence-electron chi connectivity index (χ1n) is 13.3. The van der Waals surface area contributed by atoms with E-state index in [2.05, 4.69) is 0 Å². The fourth-order valence-electron chi connectivity index (χ4n) is 6.46. The summed E-state index contributed by atoms with van der Waals surface area (Å²) in [7, 11) is 0. The minimum atomic E-state index is -0.663. The molecule has 0 radical (unpaired) electrons. The molecule has 0 aromatic rings. The standard InChI is InChI=1S/C29H34O8/c1-3-36-28(34)18-14-8-12-16-22(18)26(32)20(24(16)30)10-6-5-7-11-21-25(31)17-13-9-15-19(23(17)27(21)33)29(35)37-4-2/h5-7,10-11,16-19,22-23,30H,3-4,8-9,12-15H2,1-2H3/b7-5+,10-6+,21-11+. The van der Waals surface area contributed by atoms with Crippen molar-refractivity contribution in [3.63, 3.8) is 0 Å². The molecular formula is C29H34O8. The van der Waals surface area contributed by atoms with Gasteiger partial charge in [-0.15, -0.1) is 0 Å². The van der Waals surface area contributed by atoms with Crippen LogP contribution >= 0.6 is 0 Å². The number of hydrogen-bond acceptors (Lipinski definition) is 8. The van der Waals surface area contributed by atoms with Crippen LogP contribution in [-0.2, 0) is 33.4 Å². The molecule has 1 N–H and O–H groups in total. The number of allylic oxidation sites excluding steroid dienone is 8. The van der Waals surface area contributed by atoms with Gasteiger partial charge in [-0.2, -0.15) is 0 Å². The van der Waals surface area contributed by atoms with Gasteiger partial charge in [-0.1, -0.05) is 31.1 Å². The molecule has 0 amide bonds. The second kappa shape index (κ2) is 11.4. The van der Waals surface area contributed by atoms with E-state index in [1.807, 2.05) is 0 Å². The molecule has 4 aliphatic carbocycles. The second-order valence-electron chi connectivity index (χ2n) is 10.1. The molecule has 3 saturated carbocycles. The van der Waals surface area contributed by atoms with E-state index in [1.54, 1.807) is 32.1 Å². The highest BCUT2D eigenvalue weighted by atomic mass is 16.5. The van der Waals surface area contributed by atoms with Gasteiger partial charge in [0.2, 0.25) is 0 Å². The van der Waals surface area contributed by atoms with Gasteiger partial charge in [0, 0.05) is 23.7 Å². The third-order valence-electron chi connectivity index (χ3n) is 8.09. The van der Waals surface area contributed by atoms with Gasteiger partial charge in [0.25, 0.3) is 0 Å². The molecule has 4 aliphatic rings. The van der Waals surface area contributed by atoms with E-state index in [0.29, 0.717) is 32.1 Å². The molecule has 0 aromatic carbocycles. The molecule has 6 atom stereocenters. The Morgan fingerprint density at radius 2 is 1.35 bits per heavy atom. The number of aliphatic hydroxyl groups excluding tert-OH is 1. The van der Waals surface area contributed by atoms with Crippen molar-refractivity contribution in [1.29, 1.82) is 0 Å². The quantitative estimate of drug-likeness (QED) is 0.238. The molecule has 8 nitrogen and oxygen atoms in total. The molecule has 0 spiro atoms. The zero-order valence-electron chi connectivity index (χ0n) is 21.3. The van der Waals surface area contributed by atoms with Gasteiger partial charge in [0.15, 0.2) is 17.3 Å². The summed E-state index contributed by atoms with van der Waals surface area (Å²) in [5.41, 5.74) is 0.262. The van der Waals surface area contributed by atoms with Crippen LogP contribution in [0.2, 0.25) is 0 Å². The average Bonchev–Trinajstić information content (AvgIpc) is 3.28. The van der Waals surface area contributed by atoms with E-state index >= 15 is 0 Å². The van der Waals surface area contributed by atoms with Crippen LogP contribution in [0.5, 0.6) is 0 Å². The lowest BCUT2D eigenvalue weighted by Crippen LogP contribution is -2.36. The molecule has 8 heteroatoms. The summed E-state index contributed by atoms with van der Waals surface area (Å²) in [6.07, 6.45) is 11.4. The molecule has 3 fully saturated rings. The summed E-state index contributed by atoms with van der Waals surface area (Å²) >= 11 is 0. The highest BCUT2D eigenvalue weighted by Crippen LogP contribution is 2.47. The Morgan fingerprint density at radius 3 is 1.95 bits per heavy atom.